The summed E-state index contributed by atoms with van der Waals surface area (Å²) in [5.41, 5.74) is 5.99. The van der Waals surface area contributed by atoms with Gasteiger partial charge < -0.3 is 10.3 Å². The molecule has 7 heteroatoms. The number of hydrogen-bond acceptors (Lipinski definition) is 5. The third kappa shape index (κ3) is 2.64. The number of aromatic nitrogens is 2. The molecule has 2 aromatic carbocycles. The van der Waals surface area contributed by atoms with Gasteiger partial charge in [-0.25, -0.2) is 9.98 Å². The van der Waals surface area contributed by atoms with Crippen LogP contribution in [0.15, 0.2) is 64.9 Å². The SMILES string of the molecule is O=C1NC(Nc2ccc3[nH]ccc3c2)=N/C1=C\c1ccc2ncsc2c1. The lowest BCUT2D eigenvalue weighted by Gasteiger charge is -2.05. The van der Waals surface area contributed by atoms with Crippen LogP contribution >= 0.6 is 11.3 Å². The highest BCUT2D eigenvalue weighted by Gasteiger charge is 2.20. The van der Waals surface area contributed by atoms with Gasteiger partial charge >= 0.3 is 0 Å². The minimum Gasteiger partial charge on any atom is -0.361 e. The van der Waals surface area contributed by atoms with E-state index in [-0.39, 0.29) is 5.91 Å². The van der Waals surface area contributed by atoms with Crippen molar-refractivity contribution in [1.29, 1.82) is 0 Å². The number of carbonyl (C=O) groups is 1. The molecule has 0 aliphatic carbocycles. The molecule has 0 saturated heterocycles. The molecule has 6 nitrogen and oxygen atoms in total. The van der Waals surface area contributed by atoms with Crippen LogP contribution in [0.2, 0.25) is 0 Å². The Labute approximate surface area is 152 Å². The van der Waals surface area contributed by atoms with E-state index in [1.807, 2.05) is 54.2 Å². The van der Waals surface area contributed by atoms with E-state index in [9.17, 15) is 4.79 Å². The van der Waals surface area contributed by atoms with Crippen molar-refractivity contribution in [2.45, 2.75) is 0 Å². The average Bonchev–Trinajstić information content (AvgIpc) is 3.35. The zero-order valence-corrected chi connectivity index (χ0v) is 14.3. The number of benzene rings is 2. The van der Waals surface area contributed by atoms with Gasteiger partial charge in [-0.15, -0.1) is 11.3 Å². The normalized spacial score (nSPS) is 15.6. The highest BCUT2D eigenvalue weighted by molar-refractivity contribution is 7.16. The molecular weight excluding hydrogens is 346 g/mol. The highest BCUT2D eigenvalue weighted by atomic mass is 32.1. The van der Waals surface area contributed by atoms with Gasteiger partial charge in [-0.3, -0.25) is 10.1 Å². The van der Waals surface area contributed by atoms with E-state index in [0.717, 1.165) is 32.4 Å². The average molecular weight is 359 g/mol. The van der Waals surface area contributed by atoms with E-state index in [1.165, 1.54) is 0 Å². The van der Waals surface area contributed by atoms with Crippen molar-refractivity contribution in [2.24, 2.45) is 4.99 Å². The predicted molar refractivity (Wildman–Crippen MR) is 105 cm³/mol. The Balaban J connectivity index is 1.42. The van der Waals surface area contributed by atoms with Gasteiger partial charge in [0.2, 0.25) is 5.96 Å². The molecule has 26 heavy (non-hydrogen) atoms. The highest BCUT2D eigenvalue weighted by Crippen LogP contribution is 2.22. The molecule has 0 unspecified atom stereocenters. The first-order valence-electron chi connectivity index (χ1n) is 8.04. The predicted octanol–water partition coefficient (Wildman–Crippen LogP) is 3.72. The van der Waals surface area contributed by atoms with Crippen molar-refractivity contribution in [2.75, 3.05) is 5.32 Å². The summed E-state index contributed by atoms with van der Waals surface area (Å²) < 4.78 is 1.08. The molecule has 3 N–H and O–H groups in total. The van der Waals surface area contributed by atoms with Gasteiger partial charge in [0.15, 0.2) is 0 Å². The zero-order chi connectivity index (χ0) is 17.5. The molecule has 0 radical (unpaired) electrons. The molecule has 0 fully saturated rings. The number of hydrogen-bond donors (Lipinski definition) is 3. The molecule has 2 aromatic heterocycles. The van der Waals surface area contributed by atoms with Crippen LogP contribution in [0, 0.1) is 0 Å². The van der Waals surface area contributed by atoms with Gasteiger partial charge in [0.1, 0.15) is 5.70 Å². The molecule has 4 aromatic rings. The molecule has 0 atom stereocenters. The van der Waals surface area contributed by atoms with Crippen LogP contribution in [0.1, 0.15) is 5.56 Å². The van der Waals surface area contributed by atoms with E-state index in [0.29, 0.717) is 11.7 Å². The molecule has 3 heterocycles. The fourth-order valence-corrected chi connectivity index (χ4v) is 3.64. The zero-order valence-electron chi connectivity index (χ0n) is 13.5. The topological polar surface area (TPSA) is 82.2 Å². The van der Waals surface area contributed by atoms with Crippen molar-refractivity contribution >= 4 is 56.1 Å². The van der Waals surface area contributed by atoms with Gasteiger partial charge in [0, 0.05) is 22.8 Å². The molecular formula is C19H13N5OS. The Bertz CT molecular complexity index is 1220. The standard InChI is InChI=1S/C19H13N5OS/c25-18-16(7-11-1-3-15-17(8-11)26-10-21-15)23-19(24-18)22-13-2-4-14-12(9-13)5-6-20-14/h1-10,20H,(H2,22,23,24,25)/b16-7-. The minimum atomic E-state index is -0.223. The summed E-state index contributed by atoms with van der Waals surface area (Å²) in [6.45, 7) is 0. The van der Waals surface area contributed by atoms with Crippen LogP contribution in [0.3, 0.4) is 0 Å². The summed E-state index contributed by atoms with van der Waals surface area (Å²) in [4.78, 5) is 24.0. The molecule has 1 aliphatic rings. The molecule has 0 bridgehead atoms. The van der Waals surface area contributed by atoms with E-state index in [2.05, 4.69) is 25.6 Å². The van der Waals surface area contributed by atoms with E-state index < -0.39 is 0 Å². The van der Waals surface area contributed by atoms with Crippen LogP contribution in [0.4, 0.5) is 5.69 Å². The summed E-state index contributed by atoms with van der Waals surface area (Å²) in [6.07, 6.45) is 3.67. The van der Waals surface area contributed by atoms with Crippen LogP contribution in [0.25, 0.3) is 27.2 Å². The number of fused-ring (bicyclic) bond motifs is 2. The second-order valence-corrected chi connectivity index (χ2v) is 6.81. The lowest BCUT2D eigenvalue weighted by Crippen LogP contribution is -2.29. The number of nitrogens with one attached hydrogen (secondary N) is 3. The first-order chi connectivity index (χ1) is 12.7. The number of carbonyl (C=O) groups excluding carboxylic acids is 1. The van der Waals surface area contributed by atoms with Crippen LogP contribution in [0.5, 0.6) is 0 Å². The van der Waals surface area contributed by atoms with Crippen LogP contribution in [-0.2, 0) is 4.79 Å². The van der Waals surface area contributed by atoms with E-state index in [1.54, 1.807) is 17.4 Å². The van der Waals surface area contributed by atoms with Crippen molar-refractivity contribution in [1.82, 2.24) is 15.3 Å². The van der Waals surface area contributed by atoms with Crippen LogP contribution < -0.4 is 10.6 Å². The number of aliphatic imine (C=N–C) groups is 1. The fraction of sp³-hybridized carbons (Fsp3) is 0. The van der Waals surface area contributed by atoms with Gasteiger partial charge in [0.05, 0.1) is 15.7 Å². The Hall–Kier alpha value is -3.45. The first-order valence-corrected chi connectivity index (χ1v) is 8.92. The molecule has 126 valence electrons. The third-order valence-electron chi connectivity index (χ3n) is 4.17. The molecule has 1 aliphatic heterocycles. The first kappa shape index (κ1) is 14.9. The molecule has 0 spiro atoms. The quantitative estimate of drug-likeness (QED) is 0.477. The Kier molecular flexibility index (Phi) is 3.32. The summed E-state index contributed by atoms with van der Waals surface area (Å²) >= 11 is 1.57. The lowest BCUT2D eigenvalue weighted by molar-refractivity contribution is -0.115. The van der Waals surface area contributed by atoms with E-state index >= 15 is 0 Å². The van der Waals surface area contributed by atoms with Crippen molar-refractivity contribution in [3.63, 3.8) is 0 Å². The maximum Gasteiger partial charge on any atom is 0.276 e. The number of nitrogens with zero attached hydrogens (tertiary/aromatic N) is 2. The summed E-state index contributed by atoms with van der Waals surface area (Å²) in [6, 6.07) is 13.8. The lowest BCUT2D eigenvalue weighted by atomic mass is 10.2. The van der Waals surface area contributed by atoms with Gasteiger partial charge in [-0.1, -0.05) is 6.07 Å². The van der Waals surface area contributed by atoms with Gasteiger partial charge in [-0.05, 0) is 48.0 Å². The maximum atomic E-state index is 12.2. The van der Waals surface area contributed by atoms with Gasteiger partial charge in [-0.2, -0.15) is 0 Å². The second-order valence-electron chi connectivity index (χ2n) is 5.93. The number of anilines is 1. The monoisotopic (exact) mass is 359 g/mol. The smallest absolute Gasteiger partial charge is 0.276 e. The maximum absolute atomic E-state index is 12.2. The number of H-pyrrole nitrogens is 1. The number of aromatic amines is 1. The molecule has 0 saturated carbocycles. The van der Waals surface area contributed by atoms with Crippen molar-refractivity contribution < 1.29 is 4.79 Å². The van der Waals surface area contributed by atoms with E-state index in [4.69, 9.17) is 0 Å². The number of amides is 1. The minimum absolute atomic E-state index is 0.223. The summed E-state index contributed by atoms with van der Waals surface area (Å²) in [5, 5.41) is 7.00. The molecule has 1 amide bonds. The Morgan fingerprint density at radius 2 is 2.08 bits per heavy atom. The summed E-state index contributed by atoms with van der Waals surface area (Å²) in [7, 11) is 0. The molecule has 5 rings (SSSR count). The fourth-order valence-electron chi connectivity index (χ4n) is 2.91. The van der Waals surface area contributed by atoms with Crippen molar-refractivity contribution in [3.05, 3.63) is 65.4 Å². The summed E-state index contributed by atoms with van der Waals surface area (Å²) in [5.74, 6) is 0.203. The third-order valence-corrected chi connectivity index (χ3v) is 4.96. The van der Waals surface area contributed by atoms with Gasteiger partial charge in [0.25, 0.3) is 5.91 Å². The second kappa shape index (κ2) is 5.82. The van der Waals surface area contributed by atoms with Crippen LogP contribution in [-0.4, -0.2) is 21.8 Å². The van der Waals surface area contributed by atoms with Crippen molar-refractivity contribution in [3.8, 4) is 0 Å². The largest absolute Gasteiger partial charge is 0.361 e. The Morgan fingerprint density at radius 3 is 3.04 bits per heavy atom. The number of thiazole rings is 1. The number of guanidine groups is 1. The Morgan fingerprint density at radius 1 is 1.12 bits per heavy atom. The number of rotatable bonds is 2.